The average Bonchev–Trinajstić information content (AvgIpc) is 3.40. The highest BCUT2D eigenvalue weighted by atomic mass is 32.1. The summed E-state index contributed by atoms with van der Waals surface area (Å²) in [5, 5.41) is 13.7. The van der Waals surface area contributed by atoms with Crippen LogP contribution in [0, 0.1) is 0 Å². The molecule has 0 spiro atoms. The van der Waals surface area contributed by atoms with Crippen molar-refractivity contribution in [2.24, 2.45) is 0 Å². The standard InChI is InChI=1S/C22H21N3O5S/c1-3-29-18-11-19(31-21(18)22(26)27)15-9-20(25-12-24-15)23-6-4-13-8-14-5-7-30-17(14)10-16(13)28-2/h5,7-12H,3-4,6H2,1-2H3,(H,26,27)(H,23,24,25). The minimum atomic E-state index is -1.02. The second-order valence-electron chi connectivity index (χ2n) is 6.63. The molecule has 160 valence electrons. The Morgan fingerprint density at radius 3 is 2.87 bits per heavy atom. The van der Waals surface area contributed by atoms with Crippen molar-refractivity contribution >= 4 is 34.1 Å². The predicted octanol–water partition coefficient (Wildman–Crippen LogP) is 4.71. The van der Waals surface area contributed by atoms with Gasteiger partial charge in [0.2, 0.25) is 0 Å². The van der Waals surface area contributed by atoms with Crippen molar-refractivity contribution in [3.05, 3.63) is 53.4 Å². The molecule has 4 rings (SSSR count). The van der Waals surface area contributed by atoms with E-state index >= 15 is 0 Å². The van der Waals surface area contributed by atoms with E-state index in [9.17, 15) is 9.90 Å². The molecule has 31 heavy (non-hydrogen) atoms. The number of methoxy groups -OCH3 is 1. The van der Waals surface area contributed by atoms with Crippen LogP contribution in [0.2, 0.25) is 0 Å². The molecule has 0 bridgehead atoms. The van der Waals surface area contributed by atoms with Crippen molar-refractivity contribution < 1.29 is 23.8 Å². The van der Waals surface area contributed by atoms with Gasteiger partial charge in [0.05, 0.1) is 30.6 Å². The second kappa shape index (κ2) is 9.05. The lowest BCUT2D eigenvalue weighted by Gasteiger charge is -2.10. The topological polar surface area (TPSA) is 107 Å². The van der Waals surface area contributed by atoms with Gasteiger partial charge >= 0.3 is 5.97 Å². The number of aromatic nitrogens is 2. The third-order valence-corrected chi connectivity index (χ3v) is 5.79. The number of anilines is 1. The quantitative estimate of drug-likeness (QED) is 0.386. The molecule has 0 unspecified atom stereocenters. The number of benzene rings is 1. The molecule has 3 aromatic heterocycles. The molecule has 3 heterocycles. The molecule has 0 radical (unpaired) electrons. The van der Waals surface area contributed by atoms with Crippen molar-refractivity contribution in [2.45, 2.75) is 13.3 Å². The molecule has 0 aliphatic carbocycles. The fraction of sp³-hybridized carbons (Fsp3) is 0.227. The number of carbonyl (C=O) groups is 1. The van der Waals surface area contributed by atoms with Crippen LogP contribution in [0.15, 0.2) is 47.3 Å². The Kier molecular flexibility index (Phi) is 6.03. The van der Waals surface area contributed by atoms with Gasteiger partial charge in [0.15, 0.2) is 4.88 Å². The molecule has 0 atom stereocenters. The van der Waals surface area contributed by atoms with Gasteiger partial charge in [-0.25, -0.2) is 14.8 Å². The first-order chi connectivity index (χ1) is 15.1. The molecular weight excluding hydrogens is 418 g/mol. The number of carboxylic acids is 1. The van der Waals surface area contributed by atoms with Gasteiger partial charge in [-0.3, -0.25) is 0 Å². The number of carboxylic acid groups (broad SMARTS) is 1. The monoisotopic (exact) mass is 439 g/mol. The van der Waals surface area contributed by atoms with Crippen molar-refractivity contribution in [1.29, 1.82) is 0 Å². The van der Waals surface area contributed by atoms with E-state index in [1.165, 1.54) is 6.33 Å². The van der Waals surface area contributed by atoms with Gasteiger partial charge in [0, 0.05) is 30.1 Å². The summed E-state index contributed by atoms with van der Waals surface area (Å²) in [4.78, 5) is 20.9. The number of hydrogen-bond donors (Lipinski definition) is 2. The van der Waals surface area contributed by atoms with Crippen LogP contribution >= 0.6 is 11.3 Å². The van der Waals surface area contributed by atoms with E-state index in [-0.39, 0.29) is 4.88 Å². The third kappa shape index (κ3) is 4.46. The van der Waals surface area contributed by atoms with Crippen LogP contribution in [0.4, 0.5) is 5.82 Å². The number of nitrogens with one attached hydrogen (secondary N) is 1. The summed E-state index contributed by atoms with van der Waals surface area (Å²) in [6, 6.07) is 9.36. The molecular formula is C22H21N3O5S. The Morgan fingerprint density at radius 2 is 2.10 bits per heavy atom. The highest BCUT2D eigenvalue weighted by molar-refractivity contribution is 7.17. The summed E-state index contributed by atoms with van der Waals surface area (Å²) < 4.78 is 16.4. The van der Waals surface area contributed by atoms with Gasteiger partial charge in [0.25, 0.3) is 0 Å². The molecule has 9 heteroatoms. The van der Waals surface area contributed by atoms with Crippen molar-refractivity contribution in [3.63, 3.8) is 0 Å². The molecule has 0 fully saturated rings. The number of aromatic carboxylic acids is 1. The number of rotatable bonds is 9. The summed E-state index contributed by atoms with van der Waals surface area (Å²) in [6.45, 7) is 2.83. The van der Waals surface area contributed by atoms with E-state index in [0.717, 1.165) is 40.0 Å². The lowest BCUT2D eigenvalue weighted by molar-refractivity contribution is 0.0698. The van der Waals surface area contributed by atoms with Crippen LogP contribution in [0.3, 0.4) is 0 Å². The van der Waals surface area contributed by atoms with Crippen LogP contribution in [0.5, 0.6) is 11.5 Å². The lowest BCUT2D eigenvalue weighted by atomic mass is 10.1. The van der Waals surface area contributed by atoms with Gasteiger partial charge in [-0.15, -0.1) is 11.3 Å². The van der Waals surface area contributed by atoms with E-state index in [1.54, 1.807) is 25.5 Å². The van der Waals surface area contributed by atoms with E-state index in [2.05, 4.69) is 21.4 Å². The van der Waals surface area contributed by atoms with Crippen LogP contribution < -0.4 is 14.8 Å². The lowest BCUT2D eigenvalue weighted by Crippen LogP contribution is -2.07. The Morgan fingerprint density at radius 1 is 1.23 bits per heavy atom. The second-order valence-corrected chi connectivity index (χ2v) is 7.68. The fourth-order valence-electron chi connectivity index (χ4n) is 3.25. The molecule has 0 saturated carbocycles. The molecule has 0 saturated heterocycles. The number of furan rings is 1. The molecule has 0 aliphatic heterocycles. The van der Waals surface area contributed by atoms with Crippen LogP contribution in [-0.4, -0.2) is 41.3 Å². The Bertz CT molecular complexity index is 1220. The SMILES string of the molecule is CCOc1cc(-c2cc(NCCc3cc4ccoc4cc3OC)ncn2)sc1C(=O)O. The summed E-state index contributed by atoms with van der Waals surface area (Å²) in [6.07, 6.45) is 3.84. The number of ether oxygens (including phenoxy) is 2. The van der Waals surface area contributed by atoms with Crippen LogP contribution in [0.1, 0.15) is 22.2 Å². The highest BCUT2D eigenvalue weighted by Gasteiger charge is 2.18. The summed E-state index contributed by atoms with van der Waals surface area (Å²) in [5.74, 6) is 0.757. The zero-order valence-electron chi connectivity index (χ0n) is 17.0. The first-order valence-corrected chi connectivity index (χ1v) is 10.5. The van der Waals surface area contributed by atoms with Crippen molar-refractivity contribution in [2.75, 3.05) is 25.6 Å². The maximum atomic E-state index is 11.5. The third-order valence-electron chi connectivity index (χ3n) is 4.67. The maximum Gasteiger partial charge on any atom is 0.349 e. The minimum Gasteiger partial charge on any atom is -0.496 e. The van der Waals surface area contributed by atoms with Gasteiger partial charge < -0.3 is 24.3 Å². The molecule has 0 amide bonds. The van der Waals surface area contributed by atoms with Gasteiger partial charge in [-0.2, -0.15) is 0 Å². The minimum absolute atomic E-state index is 0.159. The molecule has 4 aromatic rings. The summed E-state index contributed by atoms with van der Waals surface area (Å²) in [7, 11) is 1.64. The smallest absolute Gasteiger partial charge is 0.349 e. The maximum absolute atomic E-state index is 11.5. The van der Waals surface area contributed by atoms with Crippen LogP contribution in [0.25, 0.3) is 21.5 Å². The van der Waals surface area contributed by atoms with E-state index in [1.807, 2.05) is 19.1 Å². The number of fused-ring (bicyclic) bond motifs is 1. The van der Waals surface area contributed by atoms with Crippen molar-refractivity contribution in [3.8, 4) is 22.1 Å². The highest BCUT2D eigenvalue weighted by Crippen LogP contribution is 2.36. The number of thiophene rings is 1. The number of nitrogens with zero attached hydrogens (tertiary/aromatic N) is 2. The van der Waals surface area contributed by atoms with Crippen molar-refractivity contribution in [1.82, 2.24) is 9.97 Å². The van der Waals surface area contributed by atoms with E-state index in [0.29, 0.717) is 35.3 Å². The zero-order chi connectivity index (χ0) is 21.8. The average molecular weight is 439 g/mol. The predicted molar refractivity (Wildman–Crippen MR) is 118 cm³/mol. The summed E-state index contributed by atoms with van der Waals surface area (Å²) >= 11 is 1.13. The van der Waals surface area contributed by atoms with E-state index in [4.69, 9.17) is 13.9 Å². The Labute approximate surface area is 182 Å². The van der Waals surface area contributed by atoms with E-state index < -0.39 is 5.97 Å². The Balaban J connectivity index is 1.48. The Hall–Kier alpha value is -3.59. The fourth-order valence-corrected chi connectivity index (χ4v) is 4.16. The van der Waals surface area contributed by atoms with Gasteiger partial charge in [-0.1, -0.05) is 0 Å². The normalized spacial score (nSPS) is 10.9. The van der Waals surface area contributed by atoms with Crippen LogP contribution in [-0.2, 0) is 6.42 Å². The number of hydrogen-bond acceptors (Lipinski definition) is 8. The zero-order valence-corrected chi connectivity index (χ0v) is 17.9. The first kappa shape index (κ1) is 20.7. The summed E-state index contributed by atoms with van der Waals surface area (Å²) in [5.41, 5.74) is 2.48. The first-order valence-electron chi connectivity index (χ1n) is 9.69. The molecule has 0 aliphatic rings. The largest absolute Gasteiger partial charge is 0.496 e. The molecule has 2 N–H and O–H groups in total. The molecule has 1 aromatic carbocycles. The molecule has 8 nitrogen and oxygen atoms in total. The van der Waals surface area contributed by atoms with Gasteiger partial charge in [0.1, 0.15) is 29.2 Å². The van der Waals surface area contributed by atoms with Gasteiger partial charge in [-0.05, 0) is 31.0 Å².